The zero-order valence-corrected chi connectivity index (χ0v) is 9.70. The zero-order chi connectivity index (χ0) is 13.8. The second-order valence-electron chi connectivity index (χ2n) is 3.74. The molecule has 2 aromatic rings. The maximum absolute atomic E-state index is 11.8. The van der Waals surface area contributed by atoms with Gasteiger partial charge in [0, 0.05) is 11.8 Å². The molecule has 0 bridgehead atoms. The predicted molar refractivity (Wildman–Crippen MR) is 67.3 cm³/mol. The van der Waals surface area contributed by atoms with Gasteiger partial charge in [-0.1, -0.05) is 6.07 Å². The van der Waals surface area contributed by atoms with Crippen molar-refractivity contribution in [1.82, 2.24) is 4.98 Å². The van der Waals surface area contributed by atoms with Gasteiger partial charge >= 0.3 is 5.97 Å². The van der Waals surface area contributed by atoms with Crippen molar-refractivity contribution in [2.45, 2.75) is 0 Å². The van der Waals surface area contributed by atoms with Crippen LogP contribution in [0.4, 0.5) is 5.82 Å². The highest BCUT2D eigenvalue weighted by Crippen LogP contribution is 2.13. The number of phenols is 1. The summed E-state index contributed by atoms with van der Waals surface area (Å²) >= 11 is 0. The smallest absolute Gasteiger partial charge is 0.335 e. The molecule has 0 aliphatic carbocycles. The van der Waals surface area contributed by atoms with Crippen LogP contribution in [0.25, 0.3) is 0 Å². The third-order valence-corrected chi connectivity index (χ3v) is 2.36. The van der Waals surface area contributed by atoms with Gasteiger partial charge in [-0.3, -0.25) is 4.79 Å². The van der Waals surface area contributed by atoms with Crippen molar-refractivity contribution >= 4 is 17.7 Å². The van der Waals surface area contributed by atoms with E-state index in [1.54, 1.807) is 0 Å². The van der Waals surface area contributed by atoms with E-state index in [0.717, 1.165) is 0 Å². The van der Waals surface area contributed by atoms with Crippen LogP contribution in [0.1, 0.15) is 20.7 Å². The number of nitrogens with zero attached hydrogens (tertiary/aromatic N) is 1. The summed E-state index contributed by atoms with van der Waals surface area (Å²) in [6, 6.07) is 8.38. The monoisotopic (exact) mass is 258 g/mol. The molecule has 0 aliphatic rings. The van der Waals surface area contributed by atoms with Crippen molar-refractivity contribution in [2.75, 3.05) is 5.32 Å². The van der Waals surface area contributed by atoms with Gasteiger partial charge in [0.2, 0.25) is 0 Å². The summed E-state index contributed by atoms with van der Waals surface area (Å²) in [7, 11) is 0. The number of aromatic hydroxyl groups is 1. The molecule has 6 nitrogen and oxygen atoms in total. The van der Waals surface area contributed by atoms with Crippen molar-refractivity contribution in [1.29, 1.82) is 0 Å². The number of anilines is 1. The van der Waals surface area contributed by atoms with Gasteiger partial charge in [0.25, 0.3) is 5.91 Å². The van der Waals surface area contributed by atoms with Crippen LogP contribution in [0.15, 0.2) is 42.6 Å². The van der Waals surface area contributed by atoms with Crippen LogP contribution in [-0.4, -0.2) is 27.1 Å². The second-order valence-corrected chi connectivity index (χ2v) is 3.74. The van der Waals surface area contributed by atoms with E-state index in [4.69, 9.17) is 5.11 Å². The topological polar surface area (TPSA) is 99.5 Å². The quantitative estimate of drug-likeness (QED) is 0.778. The molecule has 96 valence electrons. The summed E-state index contributed by atoms with van der Waals surface area (Å²) in [5.74, 6) is -1.48. The maximum Gasteiger partial charge on any atom is 0.335 e. The molecule has 3 N–H and O–H groups in total. The van der Waals surface area contributed by atoms with E-state index >= 15 is 0 Å². The largest absolute Gasteiger partial charge is 0.508 e. The van der Waals surface area contributed by atoms with Crippen molar-refractivity contribution in [3.05, 3.63) is 53.7 Å². The number of carbonyl (C=O) groups excluding carboxylic acids is 1. The van der Waals surface area contributed by atoms with E-state index in [9.17, 15) is 14.7 Å². The third-order valence-electron chi connectivity index (χ3n) is 2.36. The lowest BCUT2D eigenvalue weighted by Crippen LogP contribution is -2.13. The van der Waals surface area contributed by atoms with Crippen LogP contribution in [0, 0.1) is 0 Å². The van der Waals surface area contributed by atoms with Crippen LogP contribution in [0.2, 0.25) is 0 Å². The molecule has 1 amide bonds. The van der Waals surface area contributed by atoms with Gasteiger partial charge in [-0.15, -0.1) is 0 Å². The number of phenolic OH excluding ortho intramolecular Hbond substituents is 1. The van der Waals surface area contributed by atoms with Crippen LogP contribution >= 0.6 is 0 Å². The molecule has 0 fully saturated rings. The Hall–Kier alpha value is -2.89. The highest BCUT2D eigenvalue weighted by atomic mass is 16.4. The van der Waals surface area contributed by atoms with E-state index in [2.05, 4.69) is 10.3 Å². The van der Waals surface area contributed by atoms with Crippen LogP contribution in [-0.2, 0) is 0 Å². The van der Waals surface area contributed by atoms with Gasteiger partial charge in [0.1, 0.15) is 11.6 Å². The highest BCUT2D eigenvalue weighted by Gasteiger charge is 2.09. The Bertz CT molecular complexity index is 640. The van der Waals surface area contributed by atoms with Crippen molar-refractivity contribution in [3.8, 4) is 5.75 Å². The molecular weight excluding hydrogens is 248 g/mol. The van der Waals surface area contributed by atoms with E-state index in [-0.39, 0.29) is 22.7 Å². The van der Waals surface area contributed by atoms with Gasteiger partial charge in [0.15, 0.2) is 0 Å². The van der Waals surface area contributed by atoms with Gasteiger partial charge in [-0.2, -0.15) is 0 Å². The zero-order valence-electron chi connectivity index (χ0n) is 9.70. The number of carboxylic acid groups (broad SMARTS) is 1. The number of aromatic carboxylic acids is 1. The summed E-state index contributed by atoms with van der Waals surface area (Å²) in [4.78, 5) is 26.5. The number of amides is 1. The Morgan fingerprint density at radius 2 is 1.89 bits per heavy atom. The molecule has 0 aliphatic heterocycles. The van der Waals surface area contributed by atoms with Crippen molar-refractivity contribution < 1.29 is 19.8 Å². The number of pyridine rings is 1. The second kappa shape index (κ2) is 5.18. The standard InChI is InChI=1S/C13H10N2O4/c16-10-3-1-2-8(6-10)12(17)15-11-7-9(13(18)19)4-5-14-11/h1-7,16H,(H,18,19)(H,14,15,17). The summed E-state index contributed by atoms with van der Waals surface area (Å²) in [5, 5.41) is 20.6. The maximum atomic E-state index is 11.8. The molecule has 6 heteroatoms. The fourth-order valence-corrected chi connectivity index (χ4v) is 1.47. The minimum absolute atomic E-state index is 0.0279. The average molecular weight is 258 g/mol. The number of rotatable bonds is 3. The highest BCUT2D eigenvalue weighted by molar-refractivity contribution is 6.04. The van der Waals surface area contributed by atoms with Crippen molar-refractivity contribution in [2.24, 2.45) is 0 Å². The first kappa shape index (κ1) is 12.6. The van der Waals surface area contributed by atoms with Gasteiger partial charge < -0.3 is 15.5 Å². The predicted octanol–water partition coefficient (Wildman–Crippen LogP) is 1.74. The van der Waals surface area contributed by atoms with Crippen LogP contribution < -0.4 is 5.32 Å². The minimum atomic E-state index is -1.10. The number of benzene rings is 1. The Balaban J connectivity index is 2.19. The number of nitrogens with one attached hydrogen (secondary N) is 1. The Morgan fingerprint density at radius 3 is 2.58 bits per heavy atom. The Morgan fingerprint density at radius 1 is 1.11 bits per heavy atom. The molecular formula is C13H10N2O4. The number of aromatic nitrogens is 1. The fraction of sp³-hybridized carbons (Fsp3) is 0. The van der Waals surface area contributed by atoms with E-state index < -0.39 is 11.9 Å². The van der Waals surface area contributed by atoms with E-state index in [0.29, 0.717) is 0 Å². The normalized spacial score (nSPS) is 9.89. The summed E-state index contributed by atoms with van der Waals surface area (Å²) < 4.78 is 0. The fourth-order valence-electron chi connectivity index (χ4n) is 1.47. The van der Waals surface area contributed by atoms with E-state index in [1.165, 1.54) is 42.6 Å². The number of hydrogen-bond donors (Lipinski definition) is 3. The Labute approximate surface area is 108 Å². The molecule has 1 aromatic carbocycles. The lowest BCUT2D eigenvalue weighted by molar-refractivity contribution is 0.0696. The molecule has 19 heavy (non-hydrogen) atoms. The number of carboxylic acids is 1. The molecule has 0 saturated heterocycles. The van der Waals surface area contributed by atoms with Crippen molar-refractivity contribution in [3.63, 3.8) is 0 Å². The summed E-state index contributed by atoms with van der Waals surface area (Å²) in [5.41, 5.74) is 0.281. The molecule has 1 heterocycles. The van der Waals surface area contributed by atoms with Gasteiger partial charge in [-0.05, 0) is 30.3 Å². The van der Waals surface area contributed by atoms with Gasteiger partial charge in [0.05, 0.1) is 5.56 Å². The van der Waals surface area contributed by atoms with Crippen LogP contribution in [0.3, 0.4) is 0 Å². The molecule has 2 rings (SSSR count). The van der Waals surface area contributed by atoms with E-state index in [1.807, 2.05) is 0 Å². The molecule has 1 aromatic heterocycles. The lowest BCUT2D eigenvalue weighted by Gasteiger charge is -2.05. The average Bonchev–Trinajstić information content (AvgIpc) is 2.39. The molecule has 0 radical (unpaired) electrons. The minimum Gasteiger partial charge on any atom is -0.508 e. The molecule has 0 spiro atoms. The number of hydrogen-bond acceptors (Lipinski definition) is 4. The first-order valence-corrected chi connectivity index (χ1v) is 5.36. The first-order chi connectivity index (χ1) is 9.06. The lowest BCUT2D eigenvalue weighted by atomic mass is 10.2. The van der Waals surface area contributed by atoms with Crippen LogP contribution in [0.5, 0.6) is 5.75 Å². The van der Waals surface area contributed by atoms with Gasteiger partial charge in [-0.25, -0.2) is 9.78 Å². The molecule has 0 unspecified atom stereocenters. The molecule has 0 saturated carbocycles. The number of carbonyl (C=O) groups is 2. The summed E-state index contributed by atoms with van der Waals surface area (Å²) in [6.07, 6.45) is 1.29. The third kappa shape index (κ3) is 3.06. The summed E-state index contributed by atoms with van der Waals surface area (Å²) in [6.45, 7) is 0. The molecule has 0 atom stereocenters. The Kier molecular flexibility index (Phi) is 3.42. The SMILES string of the molecule is O=C(O)c1ccnc(NC(=O)c2cccc(O)c2)c1. The first-order valence-electron chi connectivity index (χ1n) is 5.36.